The fourth-order valence-corrected chi connectivity index (χ4v) is 9.43. The zero-order valence-corrected chi connectivity index (χ0v) is 27.2. The molecule has 44 heavy (non-hydrogen) atoms. The average molecular weight is 605 g/mol. The van der Waals surface area contributed by atoms with Crippen LogP contribution in [0.1, 0.15) is 110 Å². The average Bonchev–Trinajstić information content (AvgIpc) is 3.42. The molecule has 240 valence electrons. The largest absolute Gasteiger partial charge is 0.462 e. The summed E-state index contributed by atoms with van der Waals surface area (Å²) in [6.07, 6.45) is 9.37. The number of aliphatic hydroxyl groups excluding tert-OH is 1. The summed E-state index contributed by atoms with van der Waals surface area (Å²) in [6, 6.07) is 10.6. The van der Waals surface area contributed by atoms with Crippen LogP contribution < -0.4 is 0 Å². The Morgan fingerprint density at radius 2 is 1.80 bits per heavy atom. The summed E-state index contributed by atoms with van der Waals surface area (Å²) in [5.74, 6) is 6.35. The topological polar surface area (TPSA) is 93.1 Å². The Labute approximate surface area is 264 Å². The van der Waals surface area contributed by atoms with Gasteiger partial charge in [0, 0.05) is 30.3 Å². The van der Waals surface area contributed by atoms with Crippen molar-refractivity contribution in [3.05, 3.63) is 47.5 Å². The summed E-state index contributed by atoms with van der Waals surface area (Å²) in [5, 5.41) is 25.6. The number of hydrogen-bond acceptors (Lipinski definition) is 6. The van der Waals surface area contributed by atoms with E-state index in [1.807, 2.05) is 6.92 Å². The third-order valence-electron chi connectivity index (χ3n) is 11.6. The summed E-state index contributed by atoms with van der Waals surface area (Å²) in [5.41, 5.74) is -1.25. The molecule has 2 fully saturated rings. The van der Waals surface area contributed by atoms with E-state index in [2.05, 4.69) is 62.9 Å². The summed E-state index contributed by atoms with van der Waals surface area (Å²) >= 11 is 0. The van der Waals surface area contributed by atoms with Crippen LogP contribution in [0.25, 0.3) is 0 Å². The molecule has 6 heteroatoms. The van der Waals surface area contributed by atoms with Crippen LogP contribution >= 0.6 is 0 Å². The molecule has 2 heterocycles. The minimum Gasteiger partial charge on any atom is -0.462 e. The van der Waals surface area contributed by atoms with Gasteiger partial charge in [-0.2, -0.15) is 0 Å². The van der Waals surface area contributed by atoms with Gasteiger partial charge < -0.3 is 19.7 Å². The highest BCUT2D eigenvalue weighted by molar-refractivity contribution is 5.85. The van der Waals surface area contributed by atoms with E-state index in [1.165, 1.54) is 11.6 Å². The smallest absolute Gasteiger partial charge is 0.331 e. The van der Waals surface area contributed by atoms with Crippen molar-refractivity contribution in [2.45, 2.75) is 129 Å². The molecule has 6 nitrogen and oxygen atoms in total. The lowest BCUT2D eigenvalue weighted by molar-refractivity contribution is -0.305. The van der Waals surface area contributed by atoms with Gasteiger partial charge in [0.15, 0.2) is 0 Å². The molecule has 1 aromatic carbocycles. The Morgan fingerprint density at radius 3 is 2.52 bits per heavy atom. The number of cyclic esters (lactones) is 1. The minimum atomic E-state index is -1.37. The van der Waals surface area contributed by atoms with Crippen LogP contribution in [-0.2, 0) is 25.5 Å². The van der Waals surface area contributed by atoms with Gasteiger partial charge >= 0.3 is 11.9 Å². The van der Waals surface area contributed by atoms with E-state index < -0.39 is 28.6 Å². The Balaban J connectivity index is 1.47. The van der Waals surface area contributed by atoms with Gasteiger partial charge in [-0.3, -0.25) is 4.79 Å². The molecule has 4 aliphatic rings. The van der Waals surface area contributed by atoms with Crippen molar-refractivity contribution in [3.8, 4) is 11.8 Å². The maximum absolute atomic E-state index is 13.4. The fourth-order valence-electron chi connectivity index (χ4n) is 9.43. The first-order valence-electron chi connectivity index (χ1n) is 16.9. The minimum absolute atomic E-state index is 0.230. The Kier molecular flexibility index (Phi) is 9.69. The second kappa shape index (κ2) is 13.0. The lowest BCUT2D eigenvalue weighted by Gasteiger charge is -2.69. The highest BCUT2D eigenvalue weighted by Crippen LogP contribution is 2.69. The van der Waals surface area contributed by atoms with Crippen molar-refractivity contribution < 1.29 is 29.3 Å². The van der Waals surface area contributed by atoms with Crippen molar-refractivity contribution in [1.82, 2.24) is 0 Å². The van der Waals surface area contributed by atoms with Crippen LogP contribution in [-0.4, -0.2) is 46.6 Å². The van der Waals surface area contributed by atoms with Crippen molar-refractivity contribution in [3.63, 3.8) is 0 Å². The number of rotatable bonds is 11. The SMILES string of the molecule is C[C@H](CCCc1ccccc1)CCC[C@]12[C@H](O)CCC(C)(C)[C@@H]1[C@H]1C[C@](C)(C#CCCC(=O)O1)[C@]2(O)CCC1=CC(=O)OC1. The number of aryl methyl sites for hydroxylation is 1. The van der Waals surface area contributed by atoms with Crippen molar-refractivity contribution in [1.29, 1.82) is 0 Å². The van der Waals surface area contributed by atoms with Crippen molar-refractivity contribution in [2.24, 2.45) is 28.1 Å². The molecule has 2 bridgehead atoms. The zero-order valence-electron chi connectivity index (χ0n) is 27.2. The molecule has 0 saturated heterocycles. The van der Waals surface area contributed by atoms with Crippen LogP contribution in [0.2, 0.25) is 0 Å². The number of carbonyl (C=O) groups excluding carboxylic acids is 2. The van der Waals surface area contributed by atoms with E-state index in [-0.39, 0.29) is 36.3 Å². The monoisotopic (exact) mass is 604 g/mol. The molecular weight excluding hydrogens is 552 g/mol. The third-order valence-corrected chi connectivity index (χ3v) is 11.6. The van der Waals surface area contributed by atoms with E-state index in [4.69, 9.17) is 9.47 Å². The summed E-state index contributed by atoms with van der Waals surface area (Å²) in [4.78, 5) is 24.9. The molecule has 2 N–H and O–H groups in total. The Morgan fingerprint density at radius 1 is 1.05 bits per heavy atom. The molecular formula is C38H52O6. The van der Waals surface area contributed by atoms with E-state index in [0.29, 0.717) is 44.4 Å². The number of esters is 2. The Bertz CT molecular complexity index is 1290. The van der Waals surface area contributed by atoms with Gasteiger partial charge in [0.25, 0.3) is 0 Å². The van der Waals surface area contributed by atoms with E-state index >= 15 is 0 Å². The van der Waals surface area contributed by atoms with E-state index in [1.54, 1.807) is 0 Å². The van der Waals surface area contributed by atoms with Gasteiger partial charge in [-0.1, -0.05) is 76.3 Å². The zero-order chi connectivity index (χ0) is 31.6. The second-order valence-electron chi connectivity index (χ2n) is 15.1. The highest BCUT2D eigenvalue weighted by atomic mass is 16.5. The molecule has 0 spiro atoms. The molecule has 0 radical (unpaired) electrons. The van der Waals surface area contributed by atoms with Gasteiger partial charge in [0.2, 0.25) is 0 Å². The maximum atomic E-state index is 13.4. The molecule has 7 atom stereocenters. The molecule has 5 rings (SSSR count). The highest BCUT2D eigenvalue weighted by Gasteiger charge is 2.74. The first-order chi connectivity index (χ1) is 20.9. The van der Waals surface area contributed by atoms with Crippen molar-refractivity contribution >= 4 is 11.9 Å². The predicted molar refractivity (Wildman–Crippen MR) is 170 cm³/mol. The lowest BCUT2D eigenvalue weighted by atomic mass is 9.37. The molecule has 2 saturated carbocycles. The molecule has 0 aromatic heterocycles. The van der Waals surface area contributed by atoms with E-state index in [9.17, 15) is 19.8 Å². The van der Waals surface area contributed by atoms with Gasteiger partial charge in [-0.15, -0.1) is 5.92 Å². The number of hydrogen-bond donors (Lipinski definition) is 2. The van der Waals surface area contributed by atoms with Crippen molar-refractivity contribution in [2.75, 3.05) is 6.61 Å². The van der Waals surface area contributed by atoms with Gasteiger partial charge in [-0.25, -0.2) is 4.79 Å². The van der Waals surface area contributed by atoms with Crippen LogP contribution in [0.4, 0.5) is 0 Å². The Hall–Kier alpha value is -2.62. The first-order valence-corrected chi connectivity index (χ1v) is 16.9. The second-order valence-corrected chi connectivity index (χ2v) is 15.1. The molecule has 2 aliphatic carbocycles. The number of benzene rings is 1. The van der Waals surface area contributed by atoms with Gasteiger partial charge in [0.1, 0.15) is 12.7 Å². The summed E-state index contributed by atoms with van der Waals surface area (Å²) < 4.78 is 11.5. The van der Waals surface area contributed by atoms with Crippen LogP contribution in [0.15, 0.2) is 42.0 Å². The van der Waals surface area contributed by atoms with Crippen LogP contribution in [0, 0.1) is 39.9 Å². The van der Waals surface area contributed by atoms with Gasteiger partial charge in [0.05, 0.1) is 23.5 Å². The third kappa shape index (κ3) is 6.24. The van der Waals surface area contributed by atoms with Gasteiger partial charge in [-0.05, 0) is 74.3 Å². The lowest BCUT2D eigenvalue weighted by Crippen LogP contribution is -2.75. The summed E-state index contributed by atoms with van der Waals surface area (Å²) in [7, 11) is 0. The fraction of sp³-hybridized carbons (Fsp3) is 0.684. The summed E-state index contributed by atoms with van der Waals surface area (Å²) in [6.45, 7) is 8.98. The predicted octanol–water partition coefficient (Wildman–Crippen LogP) is 6.71. The number of aliphatic hydroxyl groups is 2. The van der Waals surface area contributed by atoms with Crippen LogP contribution in [0.5, 0.6) is 0 Å². The number of carbonyl (C=O) groups is 2. The van der Waals surface area contributed by atoms with Crippen LogP contribution in [0.3, 0.4) is 0 Å². The standard InChI is InChI=1S/C38H52O6/c1-27(12-10-16-28-14-6-5-7-15-28)13-11-21-37-31(39)19-22-35(2,3)34(37)30-25-36(4,20-9-8-17-32(40)44-30)38(37,42)23-18-29-24-33(41)43-26-29/h5-7,14-15,24,27,30-31,34,39,42H,8,10-13,16-19,21-23,25-26H2,1-4H3/t27-,30-,31-,34+,36+,37+,38-/m1/s1. The normalized spacial score (nSPS) is 35.0. The molecule has 0 amide bonds. The maximum Gasteiger partial charge on any atom is 0.331 e. The molecule has 1 aromatic rings. The molecule has 0 unspecified atom stereocenters. The molecule has 2 aliphatic heterocycles. The van der Waals surface area contributed by atoms with E-state index in [0.717, 1.165) is 44.1 Å². The number of ether oxygens (including phenoxy) is 2. The number of fused-ring (bicyclic) bond motifs is 4. The quantitative estimate of drug-likeness (QED) is 0.215. The first kappa shape index (κ1) is 32.8.